The molecular weight excluding hydrogens is 286 g/mol. The zero-order valence-electron chi connectivity index (χ0n) is 10.7. The minimum Gasteiger partial charge on any atom is -0.488 e. The van der Waals surface area contributed by atoms with Gasteiger partial charge in [0.1, 0.15) is 18.0 Å². The summed E-state index contributed by atoms with van der Waals surface area (Å²) in [5, 5.41) is 10.6. The smallest absolute Gasteiger partial charge is 0.159 e. The first-order valence-electron chi connectivity index (χ1n) is 6.02. The van der Waals surface area contributed by atoms with E-state index in [0.29, 0.717) is 10.8 Å². The van der Waals surface area contributed by atoms with E-state index in [1.807, 2.05) is 0 Å². The van der Waals surface area contributed by atoms with Gasteiger partial charge in [-0.2, -0.15) is 0 Å². The number of halogens is 3. The fourth-order valence-corrected chi connectivity index (χ4v) is 1.97. The van der Waals surface area contributed by atoms with Gasteiger partial charge in [0, 0.05) is 5.02 Å². The minimum atomic E-state index is -1.08. The lowest BCUT2D eigenvalue weighted by Crippen LogP contribution is -2.21. The van der Waals surface area contributed by atoms with Crippen molar-refractivity contribution in [3.8, 4) is 5.75 Å². The van der Waals surface area contributed by atoms with Crippen LogP contribution in [0.2, 0.25) is 5.02 Å². The van der Waals surface area contributed by atoms with Crippen LogP contribution in [0.25, 0.3) is 0 Å². The van der Waals surface area contributed by atoms with Crippen LogP contribution in [0, 0.1) is 11.6 Å². The van der Waals surface area contributed by atoms with E-state index < -0.39 is 23.8 Å². The highest BCUT2D eigenvalue weighted by Gasteiger charge is 2.19. The van der Waals surface area contributed by atoms with E-state index in [2.05, 4.69) is 0 Å². The number of aliphatic hydroxyl groups is 1. The first kappa shape index (κ1) is 14.8. The second-order valence-electron chi connectivity index (χ2n) is 4.40. The average Bonchev–Trinajstić information content (AvgIpc) is 2.41. The molecule has 2 atom stereocenters. The van der Waals surface area contributed by atoms with Gasteiger partial charge in [-0.1, -0.05) is 23.7 Å². The molecule has 20 heavy (non-hydrogen) atoms. The third kappa shape index (κ3) is 3.46. The normalized spacial score (nSPS) is 13.8. The van der Waals surface area contributed by atoms with Crippen molar-refractivity contribution in [3.63, 3.8) is 0 Å². The molecule has 0 spiro atoms. The van der Waals surface area contributed by atoms with Crippen LogP contribution in [-0.4, -0.2) is 11.2 Å². The summed E-state index contributed by atoms with van der Waals surface area (Å²) in [5.41, 5.74) is 0.249. The minimum absolute atomic E-state index is 0.249. The van der Waals surface area contributed by atoms with Gasteiger partial charge in [-0.05, 0) is 42.8 Å². The number of hydrogen-bond donors (Lipinski definition) is 1. The Morgan fingerprint density at radius 2 is 1.85 bits per heavy atom. The van der Waals surface area contributed by atoms with Gasteiger partial charge in [0.15, 0.2) is 11.6 Å². The molecule has 0 fully saturated rings. The maximum atomic E-state index is 13.1. The Bertz CT molecular complexity index is 604. The third-order valence-electron chi connectivity index (χ3n) is 2.85. The van der Waals surface area contributed by atoms with Crippen LogP contribution in [0.1, 0.15) is 18.6 Å². The number of rotatable bonds is 4. The van der Waals surface area contributed by atoms with Crippen LogP contribution in [0.15, 0.2) is 42.5 Å². The molecule has 0 radical (unpaired) electrons. The van der Waals surface area contributed by atoms with Crippen LogP contribution in [0.4, 0.5) is 8.78 Å². The van der Waals surface area contributed by atoms with Crippen LogP contribution < -0.4 is 4.74 Å². The van der Waals surface area contributed by atoms with E-state index >= 15 is 0 Å². The molecule has 5 heteroatoms. The molecule has 0 aliphatic carbocycles. The highest BCUT2D eigenvalue weighted by Crippen LogP contribution is 2.24. The largest absolute Gasteiger partial charge is 0.488 e. The van der Waals surface area contributed by atoms with Gasteiger partial charge >= 0.3 is 0 Å². The number of benzene rings is 2. The van der Waals surface area contributed by atoms with E-state index in [9.17, 15) is 13.9 Å². The Kier molecular flexibility index (Phi) is 4.57. The van der Waals surface area contributed by atoms with Crippen LogP contribution in [0.3, 0.4) is 0 Å². The molecule has 0 amide bonds. The van der Waals surface area contributed by atoms with Gasteiger partial charge < -0.3 is 9.84 Å². The number of aliphatic hydroxyl groups excluding tert-OH is 1. The standard InChI is InChI=1S/C15H13ClF2O2/c1-9(20-12-4-2-3-11(16)8-12)15(19)10-5-6-13(17)14(18)7-10/h2-9,15,19H,1H3. The Hall–Kier alpha value is -1.65. The van der Waals surface area contributed by atoms with E-state index in [-0.39, 0.29) is 5.56 Å². The van der Waals surface area contributed by atoms with Crippen molar-refractivity contribution in [1.29, 1.82) is 0 Å². The first-order valence-corrected chi connectivity index (χ1v) is 6.40. The van der Waals surface area contributed by atoms with Crippen molar-refractivity contribution in [1.82, 2.24) is 0 Å². The van der Waals surface area contributed by atoms with E-state index in [4.69, 9.17) is 16.3 Å². The number of hydrogen-bond acceptors (Lipinski definition) is 2. The molecule has 0 saturated heterocycles. The van der Waals surface area contributed by atoms with Crippen molar-refractivity contribution in [2.75, 3.05) is 0 Å². The van der Waals surface area contributed by atoms with Crippen molar-refractivity contribution >= 4 is 11.6 Å². The summed E-state index contributed by atoms with van der Waals surface area (Å²) in [6.45, 7) is 1.63. The quantitative estimate of drug-likeness (QED) is 0.920. The fourth-order valence-electron chi connectivity index (χ4n) is 1.79. The summed E-state index contributed by atoms with van der Waals surface area (Å²) in [4.78, 5) is 0. The van der Waals surface area contributed by atoms with Gasteiger partial charge in [0.05, 0.1) is 0 Å². The van der Waals surface area contributed by atoms with Gasteiger partial charge in [-0.3, -0.25) is 0 Å². The third-order valence-corrected chi connectivity index (χ3v) is 3.08. The second kappa shape index (κ2) is 6.20. The zero-order chi connectivity index (χ0) is 14.7. The Labute approximate surface area is 120 Å². The molecule has 2 unspecified atom stereocenters. The Balaban J connectivity index is 2.11. The lowest BCUT2D eigenvalue weighted by Gasteiger charge is -2.21. The van der Waals surface area contributed by atoms with Crippen molar-refractivity contribution in [2.45, 2.75) is 19.1 Å². The molecule has 2 nitrogen and oxygen atoms in total. The molecule has 2 aromatic rings. The summed E-state index contributed by atoms with van der Waals surface area (Å²) in [6, 6.07) is 9.97. The average molecular weight is 299 g/mol. The maximum absolute atomic E-state index is 13.1. The molecule has 0 aliphatic heterocycles. The van der Waals surface area contributed by atoms with Crippen molar-refractivity contribution < 1.29 is 18.6 Å². The summed E-state index contributed by atoms with van der Waals surface area (Å²) >= 11 is 5.83. The van der Waals surface area contributed by atoms with Gasteiger partial charge in [0.25, 0.3) is 0 Å². The van der Waals surface area contributed by atoms with Gasteiger partial charge in [0.2, 0.25) is 0 Å². The molecule has 0 bridgehead atoms. The van der Waals surface area contributed by atoms with Crippen LogP contribution in [-0.2, 0) is 0 Å². The fraction of sp³-hybridized carbons (Fsp3) is 0.200. The Morgan fingerprint density at radius 1 is 1.10 bits per heavy atom. The lowest BCUT2D eigenvalue weighted by atomic mass is 10.1. The summed E-state index contributed by atoms with van der Waals surface area (Å²) in [6.07, 6.45) is -1.72. The Morgan fingerprint density at radius 3 is 2.50 bits per heavy atom. The monoisotopic (exact) mass is 298 g/mol. The van der Waals surface area contributed by atoms with Gasteiger partial charge in [-0.25, -0.2) is 8.78 Å². The molecule has 106 valence electrons. The molecule has 1 N–H and O–H groups in total. The lowest BCUT2D eigenvalue weighted by molar-refractivity contribution is 0.0465. The predicted molar refractivity (Wildman–Crippen MR) is 72.9 cm³/mol. The first-order chi connectivity index (χ1) is 9.47. The van der Waals surface area contributed by atoms with E-state index in [1.54, 1.807) is 31.2 Å². The molecule has 2 aromatic carbocycles. The SMILES string of the molecule is CC(Oc1cccc(Cl)c1)C(O)c1ccc(F)c(F)c1. The maximum Gasteiger partial charge on any atom is 0.159 e. The van der Waals surface area contributed by atoms with E-state index in [1.165, 1.54) is 6.07 Å². The zero-order valence-corrected chi connectivity index (χ0v) is 11.4. The van der Waals surface area contributed by atoms with Crippen molar-refractivity contribution in [2.24, 2.45) is 0 Å². The molecule has 0 heterocycles. The summed E-state index contributed by atoms with van der Waals surface area (Å²) in [5.74, 6) is -1.47. The highest BCUT2D eigenvalue weighted by atomic mass is 35.5. The summed E-state index contributed by atoms with van der Waals surface area (Å²) in [7, 11) is 0. The van der Waals surface area contributed by atoms with Crippen LogP contribution >= 0.6 is 11.6 Å². The molecule has 0 aromatic heterocycles. The molecule has 0 aliphatic rings. The molecule has 0 saturated carbocycles. The topological polar surface area (TPSA) is 29.5 Å². The van der Waals surface area contributed by atoms with Gasteiger partial charge in [-0.15, -0.1) is 0 Å². The second-order valence-corrected chi connectivity index (χ2v) is 4.84. The van der Waals surface area contributed by atoms with Crippen LogP contribution in [0.5, 0.6) is 5.75 Å². The molecular formula is C15H13ClF2O2. The van der Waals surface area contributed by atoms with E-state index in [0.717, 1.165) is 12.1 Å². The van der Waals surface area contributed by atoms with Crippen molar-refractivity contribution in [3.05, 3.63) is 64.7 Å². The predicted octanol–water partition coefficient (Wildman–Crippen LogP) is 4.12. The number of ether oxygens (including phenoxy) is 1. The molecule has 2 rings (SSSR count). The highest BCUT2D eigenvalue weighted by molar-refractivity contribution is 6.30. The summed E-state index contributed by atoms with van der Waals surface area (Å²) < 4.78 is 31.5.